The second kappa shape index (κ2) is 7.53. The first-order valence-electron chi connectivity index (χ1n) is 6.71. The molecule has 2 heterocycles. The van der Waals surface area contributed by atoms with Gasteiger partial charge in [0.15, 0.2) is 0 Å². The zero-order chi connectivity index (χ0) is 15.1. The SMILES string of the molecule is CCCNc1ncc([N+](=O)[O-])c(NCCc2ccsc2)n1. The second-order valence-corrected chi connectivity index (χ2v) is 5.20. The highest BCUT2D eigenvalue weighted by Crippen LogP contribution is 2.22. The molecule has 2 aromatic rings. The molecule has 0 aromatic carbocycles. The Kier molecular flexibility index (Phi) is 5.44. The molecule has 0 aliphatic rings. The van der Waals surface area contributed by atoms with E-state index in [0.29, 0.717) is 12.5 Å². The lowest BCUT2D eigenvalue weighted by Gasteiger charge is -2.08. The fourth-order valence-corrected chi connectivity index (χ4v) is 2.42. The van der Waals surface area contributed by atoms with Gasteiger partial charge in [-0.1, -0.05) is 6.92 Å². The molecule has 21 heavy (non-hydrogen) atoms. The smallest absolute Gasteiger partial charge is 0.329 e. The first-order valence-corrected chi connectivity index (χ1v) is 7.65. The molecule has 0 saturated heterocycles. The second-order valence-electron chi connectivity index (χ2n) is 4.42. The van der Waals surface area contributed by atoms with Crippen molar-refractivity contribution >= 4 is 28.8 Å². The summed E-state index contributed by atoms with van der Waals surface area (Å²) in [7, 11) is 0. The third-order valence-electron chi connectivity index (χ3n) is 2.79. The number of thiophene rings is 1. The van der Waals surface area contributed by atoms with Crippen molar-refractivity contribution in [3.05, 3.63) is 38.7 Å². The van der Waals surface area contributed by atoms with Crippen molar-refractivity contribution in [3.63, 3.8) is 0 Å². The Morgan fingerprint density at radius 1 is 1.38 bits per heavy atom. The first kappa shape index (κ1) is 15.2. The molecule has 2 aromatic heterocycles. The molecule has 0 spiro atoms. The van der Waals surface area contributed by atoms with Gasteiger partial charge in [-0.3, -0.25) is 10.1 Å². The number of hydrogen-bond donors (Lipinski definition) is 2. The van der Waals surface area contributed by atoms with E-state index in [1.54, 1.807) is 11.3 Å². The van der Waals surface area contributed by atoms with Crippen LogP contribution in [0, 0.1) is 10.1 Å². The number of anilines is 2. The molecule has 0 aliphatic carbocycles. The Morgan fingerprint density at radius 2 is 2.24 bits per heavy atom. The van der Waals surface area contributed by atoms with Crippen molar-refractivity contribution in [1.82, 2.24) is 9.97 Å². The zero-order valence-corrected chi connectivity index (χ0v) is 12.5. The molecule has 2 rings (SSSR count). The molecular formula is C13H17N5O2S. The van der Waals surface area contributed by atoms with E-state index in [9.17, 15) is 10.1 Å². The summed E-state index contributed by atoms with van der Waals surface area (Å²) in [6, 6.07) is 2.04. The van der Waals surface area contributed by atoms with E-state index in [2.05, 4.69) is 26.0 Å². The van der Waals surface area contributed by atoms with Gasteiger partial charge in [0.05, 0.1) is 4.92 Å². The minimum absolute atomic E-state index is 0.109. The number of nitrogens with one attached hydrogen (secondary N) is 2. The third kappa shape index (κ3) is 4.38. The fourth-order valence-electron chi connectivity index (χ4n) is 1.72. The maximum atomic E-state index is 11.0. The van der Waals surface area contributed by atoms with Crippen LogP contribution in [0.4, 0.5) is 17.5 Å². The average molecular weight is 307 g/mol. The molecule has 0 radical (unpaired) electrons. The van der Waals surface area contributed by atoms with E-state index in [-0.39, 0.29) is 11.5 Å². The van der Waals surface area contributed by atoms with Crippen molar-refractivity contribution in [1.29, 1.82) is 0 Å². The number of rotatable bonds is 8. The van der Waals surface area contributed by atoms with E-state index >= 15 is 0 Å². The summed E-state index contributed by atoms with van der Waals surface area (Å²) in [6.45, 7) is 3.34. The third-order valence-corrected chi connectivity index (χ3v) is 3.52. The van der Waals surface area contributed by atoms with E-state index in [0.717, 1.165) is 19.4 Å². The van der Waals surface area contributed by atoms with Gasteiger partial charge < -0.3 is 10.6 Å². The van der Waals surface area contributed by atoms with Gasteiger partial charge in [-0.15, -0.1) is 0 Å². The van der Waals surface area contributed by atoms with Crippen LogP contribution in [0.15, 0.2) is 23.0 Å². The maximum absolute atomic E-state index is 11.0. The predicted molar refractivity (Wildman–Crippen MR) is 84.0 cm³/mol. The molecule has 0 bridgehead atoms. The molecule has 0 unspecified atom stereocenters. The van der Waals surface area contributed by atoms with Gasteiger partial charge in [-0.2, -0.15) is 16.3 Å². The molecule has 112 valence electrons. The molecule has 0 fully saturated rings. The van der Waals surface area contributed by atoms with Crippen molar-refractivity contribution in [3.8, 4) is 0 Å². The van der Waals surface area contributed by atoms with Crippen molar-refractivity contribution in [2.75, 3.05) is 23.7 Å². The van der Waals surface area contributed by atoms with Crippen LogP contribution < -0.4 is 10.6 Å². The van der Waals surface area contributed by atoms with Crippen LogP contribution in [0.2, 0.25) is 0 Å². The van der Waals surface area contributed by atoms with Crippen LogP contribution in [0.3, 0.4) is 0 Å². The zero-order valence-electron chi connectivity index (χ0n) is 11.7. The number of nitrogens with zero attached hydrogens (tertiary/aromatic N) is 3. The van der Waals surface area contributed by atoms with Crippen LogP contribution in [0.1, 0.15) is 18.9 Å². The van der Waals surface area contributed by atoms with E-state index in [1.165, 1.54) is 11.8 Å². The normalized spacial score (nSPS) is 10.3. The van der Waals surface area contributed by atoms with Crippen molar-refractivity contribution in [2.45, 2.75) is 19.8 Å². The van der Waals surface area contributed by atoms with Crippen LogP contribution in [0.25, 0.3) is 0 Å². The summed E-state index contributed by atoms with van der Waals surface area (Å²) in [5.41, 5.74) is 1.09. The highest BCUT2D eigenvalue weighted by molar-refractivity contribution is 7.07. The van der Waals surface area contributed by atoms with E-state index < -0.39 is 4.92 Å². The lowest BCUT2D eigenvalue weighted by Crippen LogP contribution is -2.11. The first-order chi connectivity index (χ1) is 10.2. The Bertz CT molecular complexity index is 588. The summed E-state index contributed by atoms with van der Waals surface area (Å²) < 4.78 is 0. The summed E-state index contributed by atoms with van der Waals surface area (Å²) in [6.07, 6.45) is 2.96. The molecule has 0 atom stereocenters. The van der Waals surface area contributed by atoms with Gasteiger partial charge in [0.25, 0.3) is 0 Å². The molecule has 0 aliphatic heterocycles. The van der Waals surface area contributed by atoms with Crippen LogP contribution in [-0.2, 0) is 6.42 Å². The highest BCUT2D eigenvalue weighted by Gasteiger charge is 2.16. The van der Waals surface area contributed by atoms with Gasteiger partial charge >= 0.3 is 5.69 Å². The van der Waals surface area contributed by atoms with Crippen molar-refractivity contribution in [2.24, 2.45) is 0 Å². The maximum Gasteiger partial charge on any atom is 0.329 e. The molecule has 0 saturated carbocycles. The molecule has 8 heteroatoms. The van der Waals surface area contributed by atoms with E-state index in [1.807, 2.05) is 18.4 Å². The number of aromatic nitrogens is 2. The quantitative estimate of drug-likeness (QED) is 0.575. The summed E-state index contributed by atoms with van der Waals surface area (Å²) in [5, 5.41) is 21.1. The molecule has 2 N–H and O–H groups in total. The van der Waals surface area contributed by atoms with Gasteiger partial charge in [0, 0.05) is 13.1 Å². The largest absolute Gasteiger partial charge is 0.364 e. The van der Waals surface area contributed by atoms with Crippen LogP contribution in [0.5, 0.6) is 0 Å². The lowest BCUT2D eigenvalue weighted by atomic mass is 10.2. The topological polar surface area (TPSA) is 93.0 Å². The van der Waals surface area contributed by atoms with E-state index in [4.69, 9.17) is 0 Å². The molecule has 7 nitrogen and oxygen atoms in total. The summed E-state index contributed by atoms with van der Waals surface area (Å²) >= 11 is 1.63. The Balaban J connectivity index is 2.04. The highest BCUT2D eigenvalue weighted by atomic mass is 32.1. The summed E-state index contributed by atoms with van der Waals surface area (Å²) in [5.74, 6) is 0.657. The minimum atomic E-state index is -0.476. The average Bonchev–Trinajstić information content (AvgIpc) is 2.98. The Morgan fingerprint density at radius 3 is 2.90 bits per heavy atom. The monoisotopic (exact) mass is 307 g/mol. The van der Waals surface area contributed by atoms with Crippen molar-refractivity contribution < 1.29 is 4.92 Å². The number of hydrogen-bond acceptors (Lipinski definition) is 7. The summed E-state index contributed by atoms with van der Waals surface area (Å²) in [4.78, 5) is 18.7. The molecular weight excluding hydrogens is 290 g/mol. The number of nitro groups is 1. The standard InChI is InChI=1S/C13H17N5O2S/c1-2-5-15-13-16-8-11(18(19)20)12(17-13)14-6-3-10-4-7-21-9-10/h4,7-9H,2-3,5-6H2,1H3,(H2,14,15,16,17). The van der Waals surface area contributed by atoms with Gasteiger partial charge in [-0.25, -0.2) is 4.98 Å². The molecule has 0 amide bonds. The van der Waals surface area contributed by atoms with Gasteiger partial charge in [-0.05, 0) is 35.2 Å². The lowest BCUT2D eigenvalue weighted by molar-refractivity contribution is -0.384. The van der Waals surface area contributed by atoms with Gasteiger partial charge in [0.1, 0.15) is 6.20 Å². The Hall–Kier alpha value is -2.22. The predicted octanol–water partition coefficient (Wildman–Crippen LogP) is 2.92. The fraction of sp³-hybridized carbons (Fsp3) is 0.385. The van der Waals surface area contributed by atoms with Crippen LogP contribution in [-0.4, -0.2) is 28.0 Å². The Labute approximate surface area is 126 Å². The van der Waals surface area contributed by atoms with Gasteiger partial charge in [0.2, 0.25) is 11.8 Å². The minimum Gasteiger partial charge on any atom is -0.364 e. The van der Waals surface area contributed by atoms with Crippen LogP contribution >= 0.6 is 11.3 Å².